The molecule has 0 radical (unpaired) electrons. The van der Waals surface area contributed by atoms with Crippen LogP contribution >= 0.6 is 0 Å². The number of alkyl carbamates (subject to hydrolysis) is 1. The normalized spacial score (nSPS) is 12.4. The number of ether oxygens (including phenoxy) is 5. The molecule has 38 heavy (non-hydrogen) atoms. The number of hydrogen-bond donors (Lipinski definition) is 2. The molecule has 1 atom stereocenters. The predicted octanol–water partition coefficient (Wildman–Crippen LogP) is 4.29. The number of amides is 1. The zero-order chi connectivity index (χ0) is 27.5. The molecule has 2 aromatic carbocycles. The standard InChI is InChI=1S/C29H43FN2O6/c1-29(2,3)38-28(33)31-14-15-34-16-17-35-18-19-36-20-21-37-23-26(30)22-32-27(24-10-6-4-7-11-24)25-12-8-5-9-13-25/h4-13,26-27,32H,14-23H2,1-3H3,(H,31,33). The molecule has 1 amide bonds. The van der Waals surface area contributed by atoms with Crippen LogP contribution in [-0.4, -0.2) is 83.8 Å². The van der Waals surface area contributed by atoms with E-state index in [1.807, 2.05) is 81.4 Å². The third-order valence-corrected chi connectivity index (χ3v) is 5.14. The van der Waals surface area contributed by atoms with Gasteiger partial charge in [0.25, 0.3) is 0 Å². The molecule has 0 saturated heterocycles. The molecule has 2 rings (SSSR count). The minimum Gasteiger partial charge on any atom is -0.444 e. The highest BCUT2D eigenvalue weighted by atomic mass is 19.1. The van der Waals surface area contributed by atoms with Crippen molar-refractivity contribution in [3.8, 4) is 0 Å². The maximum absolute atomic E-state index is 14.4. The first-order chi connectivity index (χ1) is 18.3. The van der Waals surface area contributed by atoms with E-state index in [0.29, 0.717) is 52.8 Å². The first-order valence-corrected chi connectivity index (χ1v) is 13.1. The van der Waals surface area contributed by atoms with Crippen LogP contribution in [0.25, 0.3) is 0 Å². The van der Waals surface area contributed by atoms with E-state index in [4.69, 9.17) is 23.7 Å². The minimum atomic E-state index is -1.13. The lowest BCUT2D eigenvalue weighted by Gasteiger charge is -2.21. The summed E-state index contributed by atoms with van der Waals surface area (Å²) in [5, 5.41) is 5.95. The van der Waals surface area contributed by atoms with Crippen molar-refractivity contribution in [2.24, 2.45) is 0 Å². The van der Waals surface area contributed by atoms with Gasteiger partial charge < -0.3 is 34.3 Å². The summed E-state index contributed by atoms with van der Waals surface area (Å²) >= 11 is 0. The van der Waals surface area contributed by atoms with Gasteiger partial charge >= 0.3 is 6.09 Å². The third kappa shape index (κ3) is 15.0. The van der Waals surface area contributed by atoms with Gasteiger partial charge in [-0.2, -0.15) is 0 Å². The Kier molecular flexibility index (Phi) is 15.5. The lowest BCUT2D eigenvalue weighted by molar-refractivity contribution is -0.00793. The summed E-state index contributed by atoms with van der Waals surface area (Å²) in [4.78, 5) is 11.5. The number of alkyl halides is 1. The molecule has 0 spiro atoms. The van der Waals surface area contributed by atoms with E-state index in [0.717, 1.165) is 11.1 Å². The van der Waals surface area contributed by atoms with Gasteiger partial charge in [0.2, 0.25) is 0 Å². The van der Waals surface area contributed by atoms with Crippen molar-refractivity contribution in [2.45, 2.75) is 38.6 Å². The number of benzene rings is 2. The molecule has 0 aliphatic rings. The molecule has 9 heteroatoms. The zero-order valence-electron chi connectivity index (χ0n) is 22.8. The summed E-state index contributed by atoms with van der Waals surface area (Å²) in [5.74, 6) is 0. The monoisotopic (exact) mass is 534 g/mol. The molecule has 0 aromatic heterocycles. The van der Waals surface area contributed by atoms with E-state index in [-0.39, 0.29) is 19.2 Å². The van der Waals surface area contributed by atoms with Crippen LogP contribution in [0.2, 0.25) is 0 Å². The minimum absolute atomic E-state index is 0.00326. The Labute approximate surface area is 226 Å². The quantitative estimate of drug-likeness (QED) is 0.260. The summed E-state index contributed by atoms with van der Waals surface area (Å²) in [6.45, 7) is 8.73. The average molecular weight is 535 g/mol. The summed E-state index contributed by atoms with van der Waals surface area (Å²) in [5.41, 5.74) is 1.66. The van der Waals surface area contributed by atoms with E-state index in [9.17, 15) is 9.18 Å². The van der Waals surface area contributed by atoms with Gasteiger partial charge in [-0.25, -0.2) is 9.18 Å². The van der Waals surface area contributed by atoms with Crippen LogP contribution in [0, 0.1) is 0 Å². The first kappa shape index (κ1) is 31.7. The smallest absolute Gasteiger partial charge is 0.407 e. The summed E-state index contributed by atoms with van der Waals surface area (Å²) < 4.78 is 41.3. The highest BCUT2D eigenvalue weighted by molar-refractivity contribution is 5.67. The molecule has 0 fully saturated rings. The lowest BCUT2D eigenvalue weighted by atomic mass is 9.98. The Morgan fingerprint density at radius 3 is 1.74 bits per heavy atom. The zero-order valence-corrected chi connectivity index (χ0v) is 22.8. The van der Waals surface area contributed by atoms with Crippen LogP contribution in [0.1, 0.15) is 37.9 Å². The molecular formula is C29H43FN2O6. The van der Waals surface area contributed by atoms with Crippen molar-refractivity contribution < 1.29 is 32.9 Å². The molecule has 212 valence electrons. The second-order valence-electron chi connectivity index (χ2n) is 9.60. The Balaban J connectivity index is 1.43. The van der Waals surface area contributed by atoms with Gasteiger partial charge in [-0.1, -0.05) is 60.7 Å². The fraction of sp³-hybridized carbons (Fsp3) is 0.552. The van der Waals surface area contributed by atoms with E-state index >= 15 is 0 Å². The summed E-state index contributed by atoms with van der Waals surface area (Å²) in [6.07, 6.45) is -1.59. The van der Waals surface area contributed by atoms with Gasteiger partial charge in [0.1, 0.15) is 11.8 Å². The van der Waals surface area contributed by atoms with Crippen LogP contribution in [0.15, 0.2) is 60.7 Å². The van der Waals surface area contributed by atoms with Gasteiger partial charge in [-0.05, 0) is 31.9 Å². The van der Waals surface area contributed by atoms with E-state index in [2.05, 4.69) is 10.6 Å². The topological polar surface area (TPSA) is 87.3 Å². The van der Waals surface area contributed by atoms with E-state index < -0.39 is 17.9 Å². The van der Waals surface area contributed by atoms with Crippen LogP contribution in [0.4, 0.5) is 9.18 Å². The molecule has 0 heterocycles. The second-order valence-corrected chi connectivity index (χ2v) is 9.60. The number of nitrogens with one attached hydrogen (secondary N) is 2. The molecule has 2 aromatic rings. The van der Waals surface area contributed by atoms with Crippen molar-refractivity contribution >= 4 is 6.09 Å². The molecule has 0 aliphatic carbocycles. The average Bonchev–Trinajstić information content (AvgIpc) is 2.89. The first-order valence-electron chi connectivity index (χ1n) is 13.1. The van der Waals surface area contributed by atoms with Gasteiger partial charge in [-0.15, -0.1) is 0 Å². The van der Waals surface area contributed by atoms with Gasteiger partial charge in [0, 0.05) is 13.1 Å². The van der Waals surface area contributed by atoms with Gasteiger partial charge in [0.05, 0.1) is 58.9 Å². The number of carbonyl (C=O) groups is 1. The SMILES string of the molecule is CC(C)(C)OC(=O)NCCOCCOCCOCCOCC(F)CNC(c1ccccc1)c1ccccc1. The Hall–Kier alpha value is -2.56. The molecule has 0 saturated carbocycles. The Morgan fingerprint density at radius 2 is 1.24 bits per heavy atom. The molecule has 0 bridgehead atoms. The van der Waals surface area contributed by atoms with Crippen LogP contribution in [-0.2, 0) is 23.7 Å². The van der Waals surface area contributed by atoms with E-state index in [1.165, 1.54) is 0 Å². The van der Waals surface area contributed by atoms with Crippen LogP contribution in [0.5, 0.6) is 0 Å². The third-order valence-electron chi connectivity index (χ3n) is 5.14. The number of rotatable bonds is 19. The number of carbonyl (C=O) groups excluding carboxylic acids is 1. The second kappa shape index (κ2) is 18.7. The molecule has 8 nitrogen and oxygen atoms in total. The number of hydrogen-bond acceptors (Lipinski definition) is 7. The largest absolute Gasteiger partial charge is 0.444 e. The van der Waals surface area contributed by atoms with Gasteiger partial charge in [-0.3, -0.25) is 0 Å². The van der Waals surface area contributed by atoms with Crippen LogP contribution in [0.3, 0.4) is 0 Å². The van der Waals surface area contributed by atoms with Crippen molar-refractivity contribution in [1.29, 1.82) is 0 Å². The van der Waals surface area contributed by atoms with Crippen molar-refractivity contribution in [3.05, 3.63) is 71.8 Å². The highest BCUT2D eigenvalue weighted by Crippen LogP contribution is 2.21. The Morgan fingerprint density at radius 1 is 0.763 bits per heavy atom. The lowest BCUT2D eigenvalue weighted by Crippen LogP contribution is -2.34. The van der Waals surface area contributed by atoms with E-state index in [1.54, 1.807) is 0 Å². The van der Waals surface area contributed by atoms with Crippen molar-refractivity contribution in [3.63, 3.8) is 0 Å². The van der Waals surface area contributed by atoms with Gasteiger partial charge in [0.15, 0.2) is 0 Å². The summed E-state index contributed by atoms with van der Waals surface area (Å²) in [6, 6.07) is 19.9. The highest BCUT2D eigenvalue weighted by Gasteiger charge is 2.16. The molecule has 0 aliphatic heterocycles. The van der Waals surface area contributed by atoms with Crippen LogP contribution < -0.4 is 10.6 Å². The maximum atomic E-state index is 14.4. The predicted molar refractivity (Wildman–Crippen MR) is 145 cm³/mol. The van der Waals surface area contributed by atoms with Crippen molar-refractivity contribution in [2.75, 3.05) is 65.9 Å². The fourth-order valence-electron chi connectivity index (χ4n) is 3.43. The number of halogens is 1. The van der Waals surface area contributed by atoms with Crippen molar-refractivity contribution in [1.82, 2.24) is 10.6 Å². The molecule has 2 N–H and O–H groups in total. The molecular weight excluding hydrogens is 491 g/mol. The summed E-state index contributed by atoms with van der Waals surface area (Å²) in [7, 11) is 0. The maximum Gasteiger partial charge on any atom is 0.407 e. The Bertz CT molecular complexity index is 827. The fourth-order valence-corrected chi connectivity index (χ4v) is 3.43. The molecule has 1 unspecified atom stereocenters.